The second-order valence-electron chi connectivity index (χ2n) is 1.22. The van der Waals surface area contributed by atoms with Crippen molar-refractivity contribution < 1.29 is 0 Å². The largest absolute Gasteiger partial charge is 0.192 e. The fraction of sp³-hybridized carbons (Fsp3) is 0. The first-order chi connectivity index (χ1) is 3.83. The molecule has 1 nitrogen and oxygen atoms in total. The van der Waals surface area contributed by atoms with E-state index < -0.39 is 0 Å². The number of nitriles is 1. The highest BCUT2D eigenvalue weighted by Gasteiger charge is 1.91. The summed E-state index contributed by atoms with van der Waals surface area (Å²) in [7, 11) is 0. The molecule has 0 bridgehead atoms. The molecule has 0 radical (unpaired) electrons. The van der Waals surface area contributed by atoms with Crippen molar-refractivity contribution in [3.05, 3.63) is 19.9 Å². The molecule has 0 unspecified atom stereocenters. The van der Waals surface area contributed by atoms with E-state index in [4.69, 9.17) is 5.26 Å². The number of halogens is 1. The summed E-state index contributed by atoms with van der Waals surface area (Å²) in [4.78, 5) is 0.786. The van der Waals surface area contributed by atoms with E-state index in [2.05, 4.69) is 28.7 Å². The summed E-state index contributed by atoms with van der Waals surface area (Å²) in [6.45, 7) is 0. The van der Waals surface area contributed by atoms with Gasteiger partial charge in [-0.05, 0) is 34.7 Å². The lowest BCUT2D eigenvalue weighted by Gasteiger charge is -1.67. The average molecular weight is 235 g/mol. The monoisotopic (exact) mass is 235 g/mol. The lowest BCUT2D eigenvalue weighted by molar-refractivity contribution is 1.52. The third-order valence-electron chi connectivity index (χ3n) is 0.683. The van der Waals surface area contributed by atoms with Gasteiger partial charge in [-0.3, -0.25) is 0 Å². The maximum atomic E-state index is 8.31. The summed E-state index contributed by atoms with van der Waals surface area (Å²) in [6, 6.07) is 5.82. The minimum absolute atomic E-state index is 0.786. The molecule has 3 heteroatoms. The lowest BCUT2D eigenvalue weighted by atomic mass is 10.5. The lowest BCUT2D eigenvalue weighted by Crippen LogP contribution is -1.50. The van der Waals surface area contributed by atoms with E-state index in [1.165, 1.54) is 14.2 Å². The molecule has 0 amide bonds. The third-order valence-corrected chi connectivity index (χ3v) is 2.48. The quantitative estimate of drug-likeness (QED) is 0.632. The van der Waals surface area contributed by atoms with Crippen LogP contribution in [0.1, 0.15) is 4.88 Å². The number of nitrogens with zero attached hydrogens (tertiary/aromatic N) is 1. The van der Waals surface area contributed by atoms with Crippen molar-refractivity contribution in [2.45, 2.75) is 0 Å². The zero-order valence-electron chi connectivity index (χ0n) is 3.89. The van der Waals surface area contributed by atoms with Crippen molar-refractivity contribution in [2.24, 2.45) is 0 Å². The van der Waals surface area contributed by atoms with Crippen LogP contribution in [-0.2, 0) is 0 Å². The first kappa shape index (κ1) is 6.05. The Kier molecular flexibility index (Phi) is 1.86. The van der Waals surface area contributed by atoms with E-state index in [1.54, 1.807) is 0 Å². The summed E-state index contributed by atoms with van der Waals surface area (Å²) < 4.78 is 1.17. The molecule has 0 aliphatic rings. The van der Waals surface area contributed by atoms with E-state index >= 15 is 0 Å². The number of hydrogen-bond donors (Lipinski definition) is 0. The molecule has 1 rings (SSSR count). The fourth-order valence-electron chi connectivity index (χ4n) is 0.374. The van der Waals surface area contributed by atoms with Crippen molar-refractivity contribution in [3.8, 4) is 6.07 Å². The van der Waals surface area contributed by atoms with Gasteiger partial charge in [0.25, 0.3) is 0 Å². The van der Waals surface area contributed by atoms with E-state index in [1.807, 2.05) is 12.1 Å². The first-order valence-corrected chi connectivity index (χ1v) is 3.88. The van der Waals surface area contributed by atoms with Crippen LogP contribution in [0.5, 0.6) is 0 Å². The Hall–Kier alpha value is -0.0800. The topological polar surface area (TPSA) is 23.8 Å². The average Bonchev–Trinajstić information content (AvgIpc) is 2.14. The maximum absolute atomic E-state index is 8.31. The molecule has 1 aromatic heterocycles. The van der Waals surface area contributed by atoms with E-state index in [0.29, 0.717) is 0 Å². The Morgan fingerprint density at radius 2 is 2.38 bits per heavy atom. The van der Waals surface area contributed by atoms with Crippen LogP contribution in [0.15, 0.2) is 12.1 Å². The van der Waals surface area contributed by atoms with Crippen molar-refractivity contribution in [2.75, 3.05) is 0 Å². The van der Waals surface area contributed by atoms with Gasteiger partial charge in [0.2, 0.25) is 0 Å². The Morgan fingerprint density at radius 1 is 1.62 bits per heavy atom. The predicted molar refractivity (Wildman–Crippen MR) is 41.8 cm³/mol. The molecule has 0 saturated carbocycles. The molecule has 1 aromatic rings. The molecule has 1 heterocycles. The van der Waals surface area contributed by atoms with Crippen LogP contribution in [0, 0.1) is 14.2 Å². The highest BCUT2D eigenvalue weighted by molar-refractivity contribution is 14.1. The standard InChI is InChI=1S/C5H2INS/c6-5-2-1-4(3-7)8-5/h1-2H. The van der Waals surface area contributed by atoms with Gasteiger partial charge in [0, 0.05) is 0 Å². The SMILES string of the molecule is N#Cc1ccc(I)s1. The van der Waals surface area contributed by atoms with Gasteiger partial charge in [-0.25, -0.2) is 0 Å². The van der Waals surface area contributed by atoms with Gasteiger partial charge >= 0.3 is 0 Å². The Balaban J connectivity index is 3.05. The van der Waals surface area contributed by atoms with E-state index in [-0.39, 0.29) is 0 Å². The fourth-order valence-corrected chi connectivity index (χ4v) is 1.79. The summed E-state index contributed by atoms with van der Waals surface area (Å²) in [5, 5.41) is 8.31. The van der Waals surface area contributed by atoms with Gasteiger partial charge in [0.1, 0.15) is 10.9 Å². The number of rotatable bonds is 0. The van der Waals surface area contributed by atoms with E-state index in [9.17, 15) is 0 Å². The summed E-state index contributed by atoms with van der Waals surface area (Å²) in [5.41, 5.74) is 0. The van der Waals surface area contributed by atoms with Gasteiger partial charge in [-0.15, -0.1) is 11.3 Å². The minimum Gasteiger partial charge on any atom is -0.192 e. The van der Waals surface area contributed by atoms with Crippen LogP contribution in [0.2, 0.25) is 0 Å². The van der Waals surface area contributed by atoms with Gasteiger partial charge in [-0.2, -0.15) is 5.26 Å². The van der Waals surface area contributed by atoms with Gasteiger partial charge in [-0.1, -0.05) is 0 Å². The normalized spacial score (nSPS) is 8.50. The molecule has 0 spiro atoms. The third kappa shape index (κ3) is 1.20. The van der Waals surface area contributed by atoms with Crippen LogP contribution in [0.25, 0.3) is 0 Å². The molecule has 40 valence electrons. The number of thiophene rings is 1. The van der Waals surface area contributed by atoms with Crippen LogP contribution in [0.4, 0.5) is 0 Å². The van der Waals surface area contributed by atoms with Crippen molar-refractivity contribution >= 4 is 33.9 Å². The van der Waals surface area contributed by atoms with Gasteiger partial charge < -0.3 is 0 Å². The summed E-state index contributed by atoms with van der Waals surface area (Å²) in [6.07, 6.45) is 0. The number of hydrogen-bond acceptors (Lipinski definition) is 2. The van der Waals surface area contributed by atoms with Crippen molar-refractivity contribution in [1.29, 1.82) is 5.26 Å². The predicted octanol–water partition coefficient (Wildman–Crippen LogP) is 2.22. The zero-order chi connectivity index (χ0) is 5.98. The van der Waals surface area contributed by atoms with Crippen LogP contribution < -0.4 is 0 Å². The maximum Gasteiger partial charge on any atom is 0.110 e. The molecular formula is C5H2INS. The highest BCUT2D eigenvalue weighted by atomic mass is 127. The second-order valence-corrected chi connectivity index (χ2v) is 4.19. The molecule has 0 saturated heterocycles. The molecule has 0 fully saturated rings. The summed E-state index contributed by atoms with van der Waals surface area (Å²) >= 11 is 3.70. The smallest absolute Gasteiger partial charge is 0.110 e. The molecule has 0 aliphatic carbocycles. The van der Waals surface area contributed by atoms with Crippen molar-refractivity contribution in [3.63, 3.8) is 0 Å². The van der Waals surface area contributed by atoms with Crippen LogP contribution in [0.3, 0.4) is 0 Å². The molecule has 0 N–H and O–H groups in total. The molecule has 0 aromatic carbocycles. The Bertz CT molecular complexity index is 223. The molecule has 0 atom stereocenters. The van der Waals surface area contributed by atoms with Gasteiger partial charge in [0.05, 0.1) is 2.88 Å². The highest BCUT2D eigenvalue weighted by Crippen LogP contribution is 2.16. The van der Waals surface area contributed by atoms with Crippen molar-refractivity contribution in [1.82, 2.24) is 0 Å². The molecule has 8 heavy (non-hydrogen) atoms. The van der Waals surface area contributed by atoms with Gasteiger partial charge in [0.15, 0.2) is 0 Å². The molecule has 0 aliphatic heterocycles. The molecular weight excluding hydrogens is 233 g/mol. The van der Waals surface area contributed by atoms with E-state index in [0.717, 1.165) is 4.88 Å². The second kappa shape index (κ2) is 2.46. The summed E-state index contributed by atoms with van der Waals surface area (Å²) in [5.74, 6) is 0. The Labute approximate surface area is 65.1 Å². The first-order valence-electron chi connectivity index (χ1n) is 1.98. The van der Waals surface area contributed by atoms with Crippen LogP contribution >= 0.6 is 33.9 Å². The minimum atomic E-state index is 0.786. The van der Waals surface area contributed by atoms with Crippen LogP contribution in [-0.4, -0.2) is 0 Å². The Morgan fingerprint density at radius 3 is 2.62 bits per heavy atom. The zero-order valence-corrected chi connectivity index (χ0v) is 6.86.